The van der Waals surface area contributed by atoms with E-state index < -0.39 is 17.5 Å². The topological polar surface area (TPSA) is 76.0 Å². The van der Waals surface area contributed by atoms with E-state index in [0.717, 1.165) is 30.9 Å². The average Bonchev–Trinajstić information content (AvgIpc) is 3.00. The predicted molar refractivity (Wildman–Crippen MR) is 92.5 cm³/mol. The molecule has 1 heterocycles. The highest BCUT2D eigenvalue weighted by Gasteiger charge is 2.12. The Labute approximate surface area is 150 Å². The van der Waals surface area contributed by atoms with Crippen molar-refractivity contribution in [1.29, 1.82) is 0 Å². The zero-order valence-electron chi connectivity index (χ0n) is 14.6. The van der Waals surface area contributed by atoms with E-state index in [1.165, 1.54) is 0 Å². The van der Waals surface area contributed by atoms with E-state index in [0.29, 0.717) is 19.0 Å². The summed E-state index contributed by atoms with van der Waals surface area (Å²) in [7, 11) is 0. The Hall–Kier alpha value is -2.77. The second-order valence-electron chi connectivity index (χ2n) is 5.85. The van der Waals surface area contributed by atoms with Gasteiger partial charge in [-0.25, -0.2) is 13.8 Å². The second-order valence-corrected chi connectivity index (χ2v) is 5.85. The summed E-state index contributed by atoms with van der Waals surface area (Å²) in [4.78, 5) is 27.6. The minimum Gasteiger partial charge on any atom is -0.356 e. The maximum absolute atomic E-state index is 13.5. The molecule has 26 heavy (non-hydrogen) atoms. The fraction of sp³-hybridized carbons (Fsp3) is 0.389. The number of aryl methyl sites for hydroxylation is 2. The van der Waals surface area contributed by atoms with E-state index in [1.54, 1.807) is 6.20 Å². The molecule has 0 aliphatic heterocycles. The van der Waals surface area contributed by atoms with Gasteiger partial charge in [0.25, 0.3) is 5.91 Å². The first-order valence-electron chi connectivity index (χ1n) is 8.45. The second kappa shape index (κ2) is 9.65. The van der Waals surface area contributed by atoms with Crippen LogP contribution in [0.5, 0.6) is 0 Å². The molecule has 0 spiro atoms. The molecule has 2 amide bonds. The molecule has 2 N–H and O–H groups in total. The van der Waals surface area contributed by atoms with Gasteiger partial charge in [-0.15, -0.1) is 0 Å². The Kier molecular flexibility index (Phi) is 7.25. The van der Waals surface area contributed by atoms with Gasteiger partial charge in [0.1, 0.15) is 17.5 Å². The third-order valence-electron chi connectivity index (χ3n) is 3.86. The van der Waals surface area contributed by atoms with Gasteiger partial charge in [-0.1, -0.05) is 0 Å². The molecule has 2 rings (SSSR count). The van der Waals surface area contributed by atoms with Gasteiger partial charge in [-0.3, -0.25) is 9.59 Å². The first-order chi connectivity index (χ1) is 12.5. The van der Waals surface area contributed by atoms with Crippen molar-refractivity contribution in [2.75, 3.05) is 13.1 Å². The molecule has 0 saturated heterocycles. The maximum atomic E-state index is 13.5. The average molecular weight is 364 g/mol. The first-order valence-corrected chi connectivity index (χ1v) is 8.45. The molecule has 0 unspecified atom stereocenters. The Morgan fingerprint density at radius 3 is 2.62 bits per heavy atom. The van der Waals surface area contributed by atoms with E-state index in [4.69, 9.17) is 0 Å². The highest BCUT2D eigenvalue weighted by molar-refractivity contribution is 5.94. The number of hydrogen-bond acceptors (Lipinski definition) is 3. The Balaban J connectivity index is 1.58. The molecule has 0 fully saturated rings. The number of nitrogens with one attached hydrogen (secondary N) is 2. The fourth-order valence-corrected chi connectivity index (χ4v) is 2.43. The first kappa shape index (κ1) is 19.6. The number of nitrogens with zero attached hydrogens (tertiary/aromatic N) is 2. The van der Waals surface area contributed by atoms with Crippen LogP contribution in [0.3, 0.4) is 0 Å². The molecular weight excluding hydrogens is 342 g/mol. The lowest BCUT2D eigenvalue weighted by molar-refractivity contribution is -0.121. The summed E-state index contributed by atoms with van der Waals surface area (Å²) >= 11 is 0. The van der Waals surface area contributed by atoms with Crippen molar-refractivity contribution in [1.82, 2.24) is 20.2 Å². The smallest absolute Gasteiger partial charge is 0.254 e. The van der Waals surface area contributed by atoms with Crippen LogP contribution in [-0.4, -0.2) is 34.5 Å². The normalized spacial score (nSPS) is 10.6. The molecule has 8 heteroatoms. The number of imidazole rings is 1. The van der Waals surface area contributed by atoms with Gasteiger partial charge < -0.3 is 15.2 Å². The van der Waals surface area contributed by atoms with Crippen molar-refractivity contribution in [3.63, 3.8) is 0 Å². The Bertz CT molecular complexity index is 761. The lowest BCUT2D eigenvalue weighted by Gasteiger charge is -2.08. The van der Waals surface area contributed by atoms with E-state index in [1.807, 2.05) is 17.7 Å². The van der Waals surface area contributed by atoms with Gasteiger partial charge >= 0.3 is 0 Å². The number of carbonyl (C=O) groups excluding carboxylic acids is 2. The quantitative estimate of drug-likeness (QED) is 0.670. The van der Waals surface area contributed by atoms with Gasteiger partial charge in [-0.05, 0) is 31.9 Å². The van der Waals surface area contributed by atoms with Crippen molar-refractivity contribution in [2.45, 2.75) is 32.7 Å². The summed E-state index contributed by atoms with van der Waals surface area (Å²) in [5.74, 6) is -1.44. The van der Waals surface area contributed by atoms with Crippen LogP contribution in [0.25, 0.3) is 0 Å². The SMILES string of the molecule is Cc1nccn1CCCNC(=O)CCCNC(=O)c1ccc(F)cc1F. The minimum absolute atomic E-state index is 0.102. The zero-order valence-corrected chi connectivity index (χ0v) is 14.6. The van der Waals surface area contributed by atoms with E-state index in [9.17, 15) is 18.4 Å². The molecular formula is C18H22F2N4O2. The maximum Gasteiger partial charge on any atom is 0.254 e. The van der Waals surface area contributed by atoms with Crippen molar-refractivity contribution >= 4 is 11.8 Å². The number of benzene rings is 1. The molecule has 2 aromatic rings. The molecule has 140 valence electrons. The van der Waals surface area contributed by atoms with Crippen molar-refractivity contribution < 1.29 is 18.4 Å². The molecule has 0 saturated carbocycles. The molecule has 0 radical (unpaired) electrons. The fourth-order valence-electron chi connectivity index (χ4n) is 2.43. The van der Waals surface area contributed by atoms with Crippen LogP contribution >= 0.6 is 0 Å². The number of halogens is 2. The lowest BCUT2D eigenvalue weighted by Crippen LogP contribution is -2.28. The summed E-state index contributed by atoms with van der Waals surface area (Å²) in [6.07, 6.45) is 5.12. The Morgan fingerprint density at radius 1 is 1.15 bits per heavy atom. The van der Waals surface area contributed by atoms with Crippen LogP contribution in [-0.2, 0) is 11.3 Å². The zero-order chi connectivity index (χ0) is 18.9. The highest BCUT2D eigenvalue weighted by Crippen LogP contribution is 2.09. The highest BCUT2D eigenvalue weighted by atomic mass is 19.1. The lowest BCUT2D eigenvalue weighted by atomic mass is 10.2. The monoisotopic (exact) mass is 364 g/mol. The molecule has 1 aromatic carbocycles. The molecule has 0 atom stereocenters. The third-order valence-corrected chi connectivity index (χ3v) is 3.86. The van der Waals surface area contributed by atoms with E-state index in [-0.39, 0.29) is 24.4 Å². The summed E-state index contributed by atoms with van der Waals surface area (Å²) in [6, 6.07) is 2.78. The van der Waals surface area contributed by atoms with Crippen molar-refractivity contribution in [3.05, 3.63) is 53.6 Å². The summed E-state index contributed by atoms with van der Waals surface area (Å²) in [5, 5.41) is 5.33. The van der Waals surface area contributed by atoms with Gasteiger partial charge in [0, 0.05) is 44.5 Å². The largest absolute Gasteiger partial charge is 0.356 e. The Morgan fingerprint density at radius 2 is 1.92 bits per heavy atom. The third kappa shape index (κ3) is 5.94. The minimum atomic E-state index is -0.909. The van der Waals surface area contributed by atoms with Crippen LogP contribution in [0.4, 0.5) is 8.78 Å². The van der Waals surface area contributed by atoms with E-state index >= 15 is 0 Å². The molecule has 0 aliphatic rings. The van der Waals surface area contributed by atoms with Gasteiger partial charge in [0.15, 0.2) is 0 Å². The number of aromatic nitrogens is 2. The molecule has 0 aliphatic carbocycles. The van der Waals surface area contributed by atoms with Gasteiger partial charge in [-0.2, -0.15) is 0 Å². The van der Waals surface area contributed by atoms with Crippen LogP contribution in [0.15, 0.2) is 30.6 Å². The number of amides is 2. The van der Waals surface area contributed by atoms with E-state index in [2.05, 4.69) is 15.6 Å². The van der Waals surface area contributed by atoms with Gasteiger partial charge in [0.2, 0.25) is 5.91 Å². The predicted octanol–water partition coefficient (Wildman–Crippen LogP) is 2.19. The number of hydrogen-bond donors (Lipinski definition) is 2. The molecule has 1 aromatic heterocycles. The van der Waals surface area contributed by atoms with Gasteiger partial charge in [0.05, 0.1) is 5.56 Å². The molecule has 0 bridgehead atoms. The van der Waals surface area contributed by atoms with Crippen LogP contribution in [0, 0.1) is 18.6 Å². The van der Waals surface area contributed by atoms with Crippen molar-refractivity contribution in [2.24, 2.45) is 0 Å². The number of carbonyl (C=O) groups is 2. The standard InChI is InChI=1S/C18H22F2N4O2/c1-13-21-9-11-24(13)10-3-8-22-17(25)4-2-7-23-18(26)15-6-5-14(19)12-16(15)20/h5-6,9,11-12H,2-4,7-8,10H2,1H3,(H,22,25)(H,23,26). The van der Waals surface area contributed by atoms with Crippen LogP contribution in [0.2, 0.25) is 0 Å². The summed E-state index contributed by atoms with van der Waals surface area (Å²) in [5.41, 5.74) is -0.217. The number of rotatable bonds is 9. The van der Waals surface area contributed by atoms with Crippen molar-refractivity contribution in [3.8, 4) is 0 Å². The van der Waals surface area contributed by atoms with Crippen LogP contribution in [0.1, 0.15) is 35.4 Å². The summed E-state index contributed by atoms with van der Waals surface area (Å²) in [6.45, 7) is 3.50. The summed E-state index contributed by atoms with van der Waals surface area (Å²) < 4.78 is 28.3. The van der Waals surface area contributed by atoms with Crippen LogP contribution < -0.4 is 10.6 Å². The molecule has 6 nitrogen and oxygen atoms in total.